The van der Waals surface area contributed by atoms with E-state index >= 15 is 0 Å². The summed E-state index contributed by atoms with van der Waals surface area (Å²) < 4.78 is 0. The number of carbonyl (C=O) groups is 2. The number of aryl methyl sites for hydroxylation is 1. The van der Waals surface area contributed by atoms with Crippen molar-refractivity contribution in [1.82, 2.24) is 9.97 Å². The highest BCUT2D eigenvalue weighted by molar-refractivity contribution is 6.30. The van der Waals surface area contributed by atoms with Crippen molar-refractivity contribution in [3.05, 3.63) is 81.9 Å². The minimum absolute atomic E-state index is 0.0225. The van der Waals surface area contributed by atoms with Gasteiger partial charge in [-0.3, -0.25) is 14.6 Å². The molecule has 0 saturated heterocycles. The van der Waals surface area contributed by atoms with E-state index in [1.165, 1.54) is 0 Å². The van der Waals surface area contributed by atoms with Crippen LogP contribution in [0.3, 0.4) is 0 Å². The molecule has 1 aromatic carbocycles. The molecule has 26 heavy (non-hydrogen) atoms. The number of aromatic nitrogens is 2. The fourth-order valence-corrected chi connectivity index (χ4v) is 2.90. The fourth-order valence-electron chi connectivity index (χ4n) is 2.77. The molecule has 6 heteroatoms. The molecule has 2 heterocycles. The van der Waals surface area contributed by atoms with Gasteiger partial charge >= 0.3 is 0 Å². The number of anilines is 1. The van der Waals surface area contributed by atoms with Crippen molar-refractivity contribution >= 4 is 29.5 Å². The number of aromatic amines is 1. The Labute approximate surface area is 156 Å². The highest BCUT2D eigenvalue weighted by atomic mass is 35.5. The number of nitrogens with zero attached hydrogens (tertiary/aromatic N) is 1. The third-order valence-corrected chi connectivity index (χ3v) is 4.54. The first-order valence-corrected chi connectivity index (χ1v) is 8.53. The highest BCUT2D eigenvalue weighted by Crippen LogP contribution is 2.26. The third kappa shape index (κ3) is 3.68. The van der Waals surface area contributed by atoms with E-state index in [0.29, 0.717) is 28.4 Å². The van der Waals surface area contributed by atoms with Crippen LogP contribution in [0.15, 0.2) is 48.7 Å². The summed E-state index contributed by atoms with van der Waals surface area (Å²) in [4.78, 5) is 30.8. The van der Waals surface area contributed by atoms with Crippen molar-refractivity contribution in [3.63, 3.8) is 0 Å². The summed E-state index contributed by atoms with van der Waals surface area (Å²) in [6.07, 6.45) is 2.22. The number of hydrogen-bond donors (Lipinski definition) is 2. The number of hydrogen-bond acceptors (Lipinski definition) is 3. The molecule has 0 spiro atoms. The Morgan fingerprint density at radius 3 is 2.58 bits per heavy atom. The highest BCUT2D eigenvalue weighted by Gasteiger charge is 2.19. The lowest BCUT2D eigenvalue weighted by molar-refractivity contribution is -0.105. The molecule has 1 amide bonds. The van der Waals surface area contributed by atoms with Gasteiger partial charge in [0.25, 0.3) is 0 Å². The molecular formula is C20H18ClN3O2. The molecule has 0 aliphatic carbocycles. The molecule has 0 bridgehead atoms. The van der Waals surface area contributed by atoms with E-state index in [2.05, 4.69) is 15.3 Å². The van der Waals surface area contributed by atoms with Crippen molar-refractivity contribution in [2.24, 2.45) is 0 Å². The Morgan fingerprint density at radius 2 is 1.96 bits per heavy atom. The number of ketones is 1. The van der Waals surface area contributed by atoms with E-state index in [0.717, 1.165) is 17.0 Å². The Kier molecular flexibility index (Phi) is 5.19. The standard InChI is InChI=1S/C20H18ClN3O2/c1-12-9-18(13(2)17-8-7-16(10-22-17)23-11-25)24-19(12)20(26)14-3-5-15(21)6-4-14/h3-11,13,24H,1-2H3,(H,23,25). The molecule has 1 unspecified atom stereocenters. The number of benzene rings is 1. The number of pyridine rings is 1. The van der Waals surface area contributed by atoms with Crippen molar-refractivity contribution in [3.8, 4) is 0 Å². The lowest BCUT2D eigenvalue weighted by atomic mass is 10.0. The van der Waals surface area contributed by atoms with Crippen molar-refractivity contribution < 1.29 is 9.59 Å². The summed E-state index contributed by atoms with van der Waals surface area (Å²) in [7, 11) is 0. The van der Waals surface area contributed by atoms with E-state index in [9.17, 15) is 9.59 Å². The van der Waals surface area contributed by atoms with Crippen molar-refractivity contribution in [1.29, 1.82) is 0 Å². The molecule has 5 nitrogen and oxygen atoms in total. The first-order chi connectivity index (χ1) is 12.5. The van der Waals surface area contributed by atoms with Crippen LogP contribution in [0.4, 0.5) is 5.69 Å². The van der Waals surface area contributed by atoms with E-state index in [1.807, 2.05) is 26.0 Å². The van der Waals surface area contributed by atoms with Crippen molar-refractivity contribution in [2.75, 3.05) is 5.32 Å². The molecule has 2 N–H and O–H groups in total. The number of H-pyrrole nitrogens is 1. The van der Waals surface area contributed by atoms with Gasteiger partial charge < -0.3 is 10.3 Å². The molecule has 1 atom stereocenters. The van der Waals surface area contributed by atoms with Crippen LogP contribution in [0.25, 0.3) is 0 Å². The number of nitrogens with one attached hydrogen (secondary N) is 2. The third-order valence-electron chi connectivity index (χ3n) is 4.29. The molecule has 0 saturated carbocycles. The largest absolute Gasteiger partial charge is 0.355 e. The number of amides is 1. The molecule has 0 fully saturated rings. The molecule has 3 rings (SSSR count). The van der Waals surface area contributed by atoms with Crippen LogP contribution in [0.5, 0.6) is 0 Å². The van der Waals surface area contributed by atoms with Crippen LogP contribution in [0.2, 0.25) is 5.02 Å². The van der Waals surface area contributed by atoms with Crippen LogP contribution in [0, 0.1) is 6.92 Å². The van der Waals surface area contributed by atoms with Gasteiger partial charge in [-0.15, -0.1) is 0 Å². The zero-order chi connectivity index (χ0) is 18.7. The number of rotatable bonds is 6. The lowest BCUT2D eigenvalue weighted by Crippen LogP contribution is -2.05. The number of carbonyl (C=O) groups excluding carboxylic acids is 2. The van der Waals surface area contributed by atoms with Gasteiger partial charge in [-0.1, -0.05) is 18.5 Å². The zero-order valence-corrected chi connectivity index (χ0v) is 15.2. The van der Waals surface area contributed by atoms with Gasteiger partial charge in [0, 0.05) is 27.9 Å². The van der Waals surface area contributed by atoms with E-state index in [1.54, 1.807) is 36.5 Å². The maximum absolute atomic E-state index is 12.7. The van der Waals surface area contributed by atoms with Crippen LogP contribution >= 0.6 is 11.6 Å². The Morgan fingerprint density at radius 1 is 1.23 bits per heavy atom. The second-order valence-electron chi connectivity index (χ2n) is 6.07. The van der Waals surface area contributed by atoms with Gasteiger partial charge in [0.15, 0.2) is 0 Å². The second-order valence-corrected chi connectivity index (χ2v) is 6.51. The lowest BCUT2D eigenvalue weighted by Gasteiger charge is -2.10. The zero-order valence-electron chi connectivity index (χ0n) is 14.4. The second kappa shape index (κ2) is 7.54. The van der Waals surface area contributed by atoms with Crippen molar-refractivity contribution in [2.45, 2.75) is 19.8 Å². The van der Waals surface area contributed by atoms with Gasteiger partial charge in [0.2, 0.25) is 12.2 Å². The topological polar surface area (TPSA) is 74.8 Å². The first kappa shape index (κ1) is 17.9. The number of halogens is 1. The summed E-state index contributed by atoms with van der Waals surface area (Å²) in [6.45, 7) is 3.91. The molecule has 0 aliphatic rings. The quantitative estimate of drug-likeness (QED) is 0.503. The van der Waals surface area contributed by atoms with Crippen LogP contribution in [0.1, 0.15) is 45.8 Å². The Hall–Kier alpha value is -2.92. The normalized spacial score (nSPS) is 11.8. The monoisotopic (exact) mass is 367 g/mol. The summed E-state index contributed by atoms with van der Waals surface area (Å²) in [5, 5.41) is 3.15. The summed E-state index contributed by atoms with van der Waals surface area (Å²) >= 11 is 5.89. The minimum Gasteiger partial charge on any atom is -0.355 e. The molecule has 3 aromatic rings. The van der Waals surface area contributed by atoms with Crippen LogP contribution < -0.4 is 5.32 Å². The van der Waals surface area contributed by atoms with Gasteiger partial charge in [-0.05, 0) is 55.0 Å². The predicted molar refractivity (Wildman–Crippen MR) is 102 cm³/mol. The SMILES string of the molecule is Cc1cc(C(C)c2ccc(NC=O)cn2)[nH]c1C(=O)c1ccc(Cl)cc1. The predicted octanol–water partition coefficient (Wildman–Crippen LogP) is 4.32. The van der Waals surface area contributed by atoms with E-state index < -0.39 is 0 Å². The Bertz CT molecular complexity index is 931. The van der Waals surface area contributed by atoms with E-state index in [-0.39, 0.29) is 11.7 Å². The summed E-state index contributed by atoms with van der Waals surface area (Å²) in [6, 6.07) is 12.5. The Balaban J connectivity index is 1.85. The minimum atomic E-state index is -0.0730. The van der Waals surface area contributed by atoms with Gasteiger partial charge in [-0.2, -0.15) is 0 Å². The average molecular weight is 368 g/mol. The fraction of sp³-hybridized carbons (Fsp3) is 0.150. The van der Waals surface area contributed by atoms with E-state index in [4.69, 9.17) is 11.6 Å². The molecule has 0 aliphatic heterocycles. The van der Waals surface area contributed by atoms with Crippen LogP contribution in [-0.4, -0.2) is 22.2 Å². The van der Waals surface area contributed by atoms with Crippen LogP contribution in [-0.2, 0) is 4.79 Å². The maximum atomic E-state index is 12.7. The van der Waals surface area contributed by atoms with Gasteiger partial charge in [0.05, 0.1) is 17.6 Å². The molecule has 2 aromatic heterocycles. The average Bonchev–Trinajstić information content (AvgIpc) is 3.04. The molecule has 132 valence electrons. The smallest absolute Gasteiger partial charge is 0.211 e. The first-order valence-electron chi connectivity index (χ1n) is 8.15. The summed E-state index contributed by atoms with van der Waals surface area (Å²) in [5.74, 6) is -0.0955. The van der Waals surface area contributed by atoms with Gasteiger partial charge in [-0.25, -0.2) is 0 Å². The summed E-state index contributed by atoms with van der Waals surface area (Å²) in [5.41, 5.74) is 4.41. The maximum Gasteiger partial charge on any atom is 0.211 e. The molecule has 0 radical (unpaired) electrons. The van der Waals surface area contributed by atoms with Gasteiger partial charge in [0.1, 0.15) is 0 Å². The molecular weight excluding hydrogens is 350 g/mol.